The minimum atomic E-state index is -0.769. The van der Waals surface area contributed by atoms with Crippen LogP contribution in [0.5, 0.6) is 5.75 Å². The third-order valence-electron chi connectivity index (χ3n) is 2.28. The first-order valence-electron chi connectivity index (χ1n) is 5.90. The molecule has 2 N–H and O–H groups in total. The number of amides is 1. The van der Waals surface area contributed by atoms with Crippen LogP contribution < -0.4 is 10.1 Å². The number of rotatable bonds is 6. The maximum Gasteiger partial charge on any atom is 0.407 e. The van der Waals surface area contributed by atoms with Crippen molar-refractivity contribution in [2.75, 3.05) is 19.8 Å². The molecule has 18 heavy (non-hydrogen) atoms. The van der Waals surface area contributed by atoms with Gasteiger partial charge in [0.05, 0.1) is 13.2 Å². The van der Waals surface area contributed by atoms with E-state index < -0.39 is 12.2 Å². The smallest absolute Gasteiger partial charge is 0.407 e. The number of aliphatic hydroxyl groups is 1. The van der Waals surface area contributed by atoms with Gasteiger partial charge in [-0.05, 0) is 25.5 Å². The number of carbonyl (C=O) groups is 1. The molecule has 0 spiro atoms. The normalized spacial score (nSPS) is 11.7. The third kappa shape index (κ3) is 5.05. The number of nitrogens with one attached hydrogen (secondary N) is 1. The van der Waals surface area contributed by atoms with E-state index in [1.807, 2.05) is 31.2 Å². The van der Waals surface area contributed by atoms with E-state index in [9.17, 15) is 9.90 Å². The van der Waals surface area contributed by atoms with Gasteiger partial charge in [-0.1, -0.05) is 18.2 Å². The highest BCUT2D eigenvalue weighted by atomic mass is 16.5. The van der Waals surface area contributed by atoms with Gasteiger partial charge in [0, 0.05) is 0 Å². The molecule has 1 rings (SSSR count). The van der Waals surface area contributed by atoms with Gasteiger partial charge in [-0.15, -0.1) is 0 Å². The largest absolute Gasteiger partial charge is 0.491 e. The van der Waals surface area contributed by atoms with Crippen LogP contribution in [-0.4, -0.2) is 37.1 Å². The molecule has 100 valence electrons. The molecule has 0 aromatic heterocycles. The first kappa shape index (κ1) is 14.3. The van der Waals surface area contributed by atoms with E-state index >= 15 is 0 Å². The number of para-hydroxylation sites is 1. The summed E-state index contributed by atoms with van der Waals surface area (Å²) in [6.07, 6.45) is -1.30. The fourth-order valence-corrected chi connectivity index (χ4v) is 1.35. The van der Waals surface area contributed by atoms with Crippen LogP contribution in [0.15, 0.2) is 24.3 Å². The van der Waals surface area contributed by atoms with Crippen molar-refractivity contribution in [2.45, 2.75) is 20.0 Å². The van der Waals surface area contributed by atoms with Crippen LogP contribution in [0, 0.1) is 6.92 Å². The highest BCUT2D eigenvalue weighted by Gasteiger charge is 2.08. The maximum atomic E-state index is 11.0. The highest BCUT2D eigenvalue weighted by molar-refractivity contribution is 5.67. The second-order valence-electron chi connectivity index (χ2n) is 3.83. The van der Waals surface area contributed by atoms with Gasteiger partial charge in [-0.25, -0.2) is 4.79 Å². The molecule has 0 aliphatic rings. The Balaban J connectivity index is 2.27. The first-order chi connectivity index (χ1) is 8.63. The van der Waals surface area contributed by atoms with E-state index in [4.69, 9.17) is 4.74 Å². The molecule has 0 aliphatic carbocycles. The second-order valence-corrected chi connectivity index (χ2v) is 3.83. The standard InChI is InChI=1S/C13H19NO4/c1-3-17-13(16)14-8-11(15)9-18-12-7-5-4-6-10(12)2/h4-7,11,15H,3,8-9H2,1-2H3,(H,14,16)/t11-/m1/s1. The molecule has 0 aliphatic heterocycles. The lowest BCUT2D eigenvalue weighted by molar-refractivity contribution is 0.0988. The molecule has 1 amide bonds. The molecule has 0 heterocycles. The molecule has 0 saturated heterocycles. The van der Waals surface area contributed by atoms with Gasteiger partial charge < -0.3 is 19.9 Å². The summed E-state index contributed by atoms with van der Waals surface area (Å²) in [6, 6.07) is 7.55. The monoisotopic (exact) mass is 253 g/mol. The van der Waals surface area contributed by atoms with Crippen molar-refractivity contribution in [3.63, 3.8) is 0 Å². The van der Waals surface area contributed by atoms with Crippen LogP contribution in [0.2, 0.25) is 0 Å². The molecule has 1 aromatic carbocycles. The molecule has 1 atom stereocenters. The van der Waals surface area contributed by atoms with Gasteiger partial charge in [0.15, 0.2) is 0 Å². The quantitative estimate of drug-likeness (QED) is 0.805. The van der Waals surface area contributed by atoms with Gasteiger partial charge in [0.2, 0.25) is 0 Å². The zero-order chi connectivity index (χ0) is 13.4. The number of alkyl carbamates (subject to hydrolysis) is 1. The van der Waals surface area contributed by atoms with Crippen LogP contribution in [0.3, 0.4) is 0 Å². The van der Waals surface area contributed by atoms with E-state index in [0.717, 1.165) is 11.3 Å². The molecule has 0 bridgehead atoms. The molecule has 0 fully saturated rings. The minimum Gasteiger partial charge on any atom is -0.491 e. The van der Waals surface area contributed by atoms with E-state index in [0.29, 0.717) is 6.61 Å². The average molecular weight is 253 g/mol. The lowest BCUT2D eigenvalue weighted by Crippen LogP contribution is -2.35. The van der Waals surface area contributed by atoms with E-state index in [1.54, 1.807) is 6.92 Å². The summed E-state index contributed by atoms with van der Waals surface area (Å²) < 4.78 is 10.1. The minimum absolute atomic E-state index is 0.102. The number of hydrogen-bond acceptors (Lipinski definition) is 4. The van der Waals surface area contributed by atoms with Gasteiger partial charge in [0.25, 0.3) is 0 Å². The Labute approximate surface area is 107 Å². The van der Waals surface area contributed by atoms with E-state index in [-0.39, 0.29) is 13.2 Å². The SMILES string of the molecule is CCOC(=O)NC[C@@H](O)COc1ccccc1C. The number of aryl methyl sites for hydroxylation is 1. The fraction of sp³-hybridized carbons (Fsp3) is 0.462. The first-order valence-corrected chi connectivity index (χ1v) is 5.90. The summed E-state index contributed by atoms with van der Waals surface area (Å²) in [7, 11) is 0. The van der Waals surface area contributed by atoms with Gasteiger partial charge >= 0.3 is 6.09 Å². The maximum absolute atomic E-state index is 11.0. The van der Waals surface area contributed by atoms with Crippen molar-refractivity contribution < 1.29 is 19.4 Å². The summed E-state index contributed by atoms with van der Waals surface area (Å²) >= 11 is 0. The zero-order valence-corrected chi connectivity index (χ0v) is 10.7. The molecule has 1 aromatic rings. The van der Waals surface area contributed by atoms with E-state index in [2.05, 4.69) is 10.1 Å². The van der Waals surface area contributed by atoms with Gasteiger partial charge in [0.1, 0.15) is 18.5 Å². The Kier molecular flexibility index (Phi) is 6.00. The highest BCUT2D eigenvalue weighted by Crippen LogP contribution is 2.16. The summed E-state index contributed by atoms with van der Waals surface area (Å²) in [4.78, 5) is 11.0. The van der Waals surface area contributed by atoms with Crippen LogP contribution >= 0.6 is 0 Å². The third-order valence-corrected chi connectivity index (χ3v) is 2.28. The molecule has 0 saturated carbocycles. The molecule has 5 heteroatoms. The Hall–Kier alpha value is -1.75. The van der Waals surface area contributed by atoms with Crippen LogP contribution in [0.25, 0.3) is 0 Å². The van der Waals surface area contributed by atoms with Gasteiger partial charge in [-0.2, -0.15) is 0 Å². The summed E-state index contributed by atoms with van der Waals surface area (Å²) in [5.41, 5.74) is 1.00. The van der Waals surface area contributed by atoms with Crippen LogP contribution in [0.1, 0.15) is 12.5 Å². The topological polar surface area (TPSA) is 67.8 Å². The summed E-state index contributed by atoms with van der Waals surface area (Å²) in [6.45, 7) is 4.18. The van der Waals surface area contributed by atoms with Crippen molar-refractivity contribution in [1.82, 2.24) is 5.32 Å². The fourth-order valence-electron chi connectivity index (χ4n) is 1.35. The lowest BCUT2D eigenvalue weighted by Gasteiger charge is -2.14. The summed E-state index contributed by atoms with van der Waals surface area (Å²) in [5.74, 6) is 0.729. The van der Waals surface area contributed by atoms with Crippen LogP contribution in [0.4, 0.5) is 4.79 Å². The predicted octanol–water partition coefficient (Wildman–Crippen LogP) is 1.48. The number of aliphatic hydroxyl groups excluding tert-OH is 1. The zero-order valence-electron chi connectivity index (χ0n) is 10.7. The Morgan fingerprint density at radius 3 is 2.83 bits per heavy atom. The van der Waals surface area contributed by atoms with Crippen molar-refractivity contribution in [2.24, 2.45) is 0 Å². The Morgan fingerprint density at radius 1 is 1.44 bits per heavy atom. The number of ether oxygens (including phenoxy) is 2. The second kappa shape index (κ2) is 7.55. The number of benzene rings is 1. The number of carbonyl (C=O) groups excluding carboxylic acids is 1. The van der Waals surface area contributed by atoms with E-state index in [1.165, 1.54) is 0 Å². The predicted molar refractivity (Wildman–Crippen MR) is 67.7 cm³/mol. The Morgan fingerprint density at radius 2 is 2.17 bits per heavy atom. The molecule has 0 unspecified atom stereocenters. The molecule has 0 radical (unpaired) electrons. The van der Waals surface area contributed by atoms with Crippen molar-refractivity contribution in [3.05, 3.63) is 29.8 Å². The van der Waals surface area contributed by atoms with Crippen molar-refractivity contribution >= 4 is 6.09 Å². The van der Waals surface area contributed by atoms with Crippen LogP contribution in [-0.2, 0) is 4.74 Å². The summed E-state index contributed by atoms with van der Waals surface area (Å²) in [5, 5.41) is 12.1. The average Bonchev–Trinajstić information content (AvgIpc) is 2.36. The lowest BCUT2D eigenvalue weighted by atomic mass is 10.2. The molecule has 5 nitrogen and oxygen atoms in total. The molecular weight excluding hydrogens is 234 g/mol. The van der Waals surface area contributed by atoms with Gasteiger partial charge in [-0.3, -0.25) is 0 Å². The van der Waals surface area contributed by atoms with Crippen molar-refractivity contribution in [3.8, 4) is 5.75 Å². The van der Waals surface area contributed by atoms with Crippen molar-refractivity contribution in [1.29, 1.82) is 0 Å². The molecular formula is C13H19NO4. The number of hydrogen-bond donors (Lipinski definition) is 2. The Bertz CT molecular complexity index is 381.